The number of hydrogen-bond acceptors (Lipinski definition) is 6. The molecule has 1 aliphatic heterocycles. The molecule has 1 aliphatic rings. The van der Waals surface area contributed by atoms with E-state index in [4.69, 9.17) is 10.1 Å². The predicted octanol–water partition coefficient (Wildman–Crippen LogP) is 4.44. The van der Waals surface area contributed by atoms with Crippen molar-refractivity contribution in [1.82, 2.24) is 31.3 Å². The molecule has 11 nitrogen and oxygen atoms in total. The van der Waals surface area contributed by atoms with Crippen molar-refractivity contribution in [1.29, 1.82) is 0 Å². The number of nitrogens with zero attached hydrogens (tertiary/aromatic N) is 4. The summed E-state index contributed by atoms with van der Waals surface area (Å²) in [6, 6.07) is 23.8. The molecule has 0 saturated heterocycles. The standard InChI is InChI=1S/C39H45N9O2/c1-26-33(24-47-38-19-30(11-12-31(38)21-44-47)20-40-15-17-42-28(3)49)7-5-9-36(26)37-10-6-8-34(27(37)2)25-48-39-32(22-45-48)13-14-35(46-39)23-41-16-18-43-29(4)50/h5-14,19,22,40-41H,15-18,20-21,23-25H2,1-4H3,(H-,42,43,49,50)/p+2. The lowest BCUT2D eigenvalue weighted by molar-refractivity contribution is -0.720. The highest BCUT2D eigenvalue weighted by Gasteiger charge is 2.26. The van der Waals surface area contributed by atoms with E-state index in [2.05, 4.69) is 110 Å². The van der Waals surface area contributed by atoms with Gasteiger partial charge in [-0.2, -0.15) is 4.68 Å². The number of hydrogen-bond donors (Lipinski definition) is 5. The van der Waals surface area contributed by atoms with Crippen LogP contribution in [0.3, 0.4) is 0 Å². The topological polar surface area (TPSA) is 130 Å². The summed E-state index contributed by atoms with van der Waals surface area (Å²) in [6.45, 7) is 13.5. The number of amides is 2. The molecular weight excluding hydrogens is 626 g/mol. The van der Waals surface area contributed by atoms with Gasteiger partial charge < -0.3 is 21.3 Å². The van der Waals surface area contributed by atoms with E-state index in [1.165, 1.54) is 58.4 Å². The third-order valence-corrected chi connectivity index (χ3v) is 9.25. The lowest BCUT2D eigenvalue weighted by atomic mass is 9.91. The number of carbonyl (C=O) groups excluding carboxylic acids is 2. The van der Waals surface area contributed by atoms with Crippen molar-refractivity contribution in [2.45, 2.75) is 60.4 Å². The highest BCUT2D eigenvalue weighted by molar-refractivity contribution is 5.74. The highest BCUT2D eigenvalue weighted by Crippen LogP contribution is 2.33. The third kappa shape index (κ3) is 8.30. The Hall–Kier alpha value is -5.26. The van der Waals surface area contributed by atoms with Crippen molar-refractivity contribution in [2.24, 2.45) is 5.11 Å². The normalized spacial score (nSPS) is 12.2. The van der Waals surface area contributed by atoms with Crippen LogP contribution < -0.4 is 25.9 Å². The van der Waals surface area contributed by atoms with Crippen molar-refractivity contribution >= 4 is 28.5 Å². The number of azo groups is 2. The van der Waals surface area contributed by atoms with Gasteiger partial charge in [-0.05, 0) is 75.5 Å². The van der Waals surface area contributed by atoms with Gasteiger partial charge in [0.1, 0.15) is 13.1 Å². The second-order valence-corrected chi connectivity index (χ2v) is 12.9. The average molecular weight is 674 g/mol. The van der Waals surface area contributed by atoms with Gasteiger partial charge in [-0.25, -0.2) is 5.10 Å². The second kappa shape index (κ2) is 16.0. The number of H-pyrrole nitrogens is 1. The molecule has 3 heterocycles. The van der Waals surface area contributed by atoms with Crippen LogP contribution in [-0.4, -0.2) is 52.8 Å². The van der Waals surface area contributed by atoms with Crippen LogP contribution >= 0.6 is 0 Å². The number of aromatic nitrogens is 3. The monoisotopic (exact) mass is 673 g/mol. The minimum atomic E-state index is -0.0253. The summed E-state index contributed by atoms with van der Waals surface area (Å²) in [7, 11) is 0. The second-order valence-electron chi connectivity index (χ2n) is 12.9. The first-order valence-corrected chi connectivity index (χ1v) is 17.3. The number of rotatable bonds is 15. The summed E-state index contributed by atoms with van der Waals surface area (Å²) in [6.07, 6.45) is 2.00. The zero-order valence-corrected chi connectivity index (χ0v) is 29.4. The van der Waals surface area contributed by atoms with E-state index in [0.29, 0.717) is 45.8 Å². The van der Waals surface area contributed by atoms with Gasteiger partial charge in [-0.1, -0.05) is 47.2 Å². The molecule has 2 aromatic heterocycles. The smallest absolute Gasteiger partial charge is 0.350 e. The van der Waals surface area contributed by atoms with E-state index in [0.717, 1.165) is 35.5 Å². The van der Waals surface area contributed by atoms with E-state index in [9.17, 15) is 9.59 Å². The molecule has 0 aliphatic carbocycles. The molecule has 258 valence electrons. The molecule has 5 aromatic rings. The molecular formula is C39H47N9O2+2. The Bertz CT molecular complexity index is 2050. The van der Waals surface area contributed by atoms with Crippen molar-refractivity contribution in [2.75, 3.05) is 26.2 Å². The fourth-order valence-electron chi connectivity index (χ4n) is 6.45. The predicted molar refractivity (Wildman–Crippen MR) is 194 cm³/mol. The van der Waals surface area contributed by atoms with Gasteiger partial charge in [0.15, 0.2) is 12.2 Å². The van der Waals surface area contributed by atoms with Gasteiger partial charge in [0.2, 0.25) is 17.5 Å². The number of fused-ring (bicyclic) bond motifs is 2. The van der Waals surface area contributed by atoms with Crippen LogP contribution in [0.15, 0.2) is 78.0 Å². The fourth-order valence-corrected chi connectivity index (χ4v) is 6.45. The maximum Gasteiger partial charge on any atom is 0.350 e. The van der Waals surface area contributed by atoms with E-state index < -0.39 is 0 Å². The number of nitrogens with one attached hydrogen (secondary N) is 5. The number of carbonyl (C=O) groups is 2. The molecule has 0 radical (unpaired) electrons. The van der Waals surface area contributed by atoms with Gasteiger partial charge in [0.25, 0.3) is 0 Å². The van der Waals surface area contributed by atoms with Crippen molar-refractivity contribution < 1.29 is 19.0 Å². The molecule has 2 amide bonds. The molecule has 0 unspecified atom stereocenters. The lowest BCUT2D eigenvalue weighted by Crippen LogP contribution is -2.37. The number of pyridine rings is 1. The highest BCUT2D eigenvalue weighted by atomic mass is 16.2. The van der Waals surface area contributed by atoms with Crippen LogP contribution in [0.5, 0.6) is 0 Å². The van der Waals surface area contributed by atoms with E-state index in [1.54, 1.807) is 0 Å². The van der Waals surface area contributed by atoms with Crippen LogP contribution in [0.1, 0.15) is 52.9 Å². The quantitative estimate of drug-likeness (QED) is 0.0829. The summed E-state index contributed by atoms with van der Waals surface area (Å²) in [5, 5.41) is 21.7. The molecule has 0 spiro atoms. The largest absolute Gasteiger partial charge is 0.355 e. The first-order valence-electron chi connectivity index (χ1n) is 17.3. The maximum atomic E-state index is 11.1. The Morgan fingerprint density at radius 1 is 0.780 bits per heavy atom. The number of benzene rings is 3. The zero-order valence-electron chi connectivity index (χ0n) is 29.4. The average Bonchev–Trinajstić information content (AvgIpc) is 3.69. The first-order chi connectivity index (χ1) is 24.3. The Kier molecular flexibility index (Phi) is 11.0. The SMILES string of the molecule is CC(=O)NCCNCc1ccc2c(c1)[N+](Cc1cccc(-c3cccc(C[n+]4[nH]cc5ccc(CNCCNC(C)=O)nc54)c3C)c1C)=NC2. The summed E-state index contributed by atoms with van der Waals surface area (Å²) in [5.74, 6) is -0.0371. The molecule has 0 bridgehead atoms. The molecule has 11 heteroatoms. The lowest BCUT2D eigenvalue weighted by Gasteiger charge is -2.14. The fraction of sp³-hybridized carbons (Fsp3) is 0.333. The van der Waals surface area contributed by atoms with Gasteiger partial charge in [-0.3, -0.25) is 9.59 Å². The van der Waals surface area contributed by atoms with Crippen molar-refractivity contribution in [3.05, 3.63) is 112 Å². The van der Waals surface area contributed by atoms with Gasteiger partial charge >= 0.3 is 5.65 Å². The van der Waals surface area contributed by atoms with E-state index in [-0.39, 0.29) is 11.8 Å². The Morgan fingerprint density at radius 3 is 2.12 bits per heavy atom. The summed E-state index contributed by atoms with van der Waals surface area (Å²) in [4.78, 5) is 27.2. The van der Waals surface area contributed by atoms with Gasteiger partial charge in [0.05, 0.1) is 23.7 Å². The summed E-state index contributed by atoms with van der Waals surface area (Å²) < 4.78 is 4.24. The van der Waals surface area contributed by atoms with Crippen molar-refractivity contribution in [3.8, 4) is 11.1 Å². The van der Waals surface area contributed by atoms with E-state index >= 15 is 0 Å². The molecule has 0 fully saturated rings. The minimum Gasteiger partial charge on any atom is -0.355 e. The van der Waals surface area contributed by atoms with Crippen LogP contribution in [-0.2, 0) is 42.3 Å². The van der Waals surface area contributed by atoms with Crippen LogP contribution in [0, 0.1) is 13.8 Å². The number of aromatic amines is 1. The molecule has 6 rings (SSSR count). The summed E-state index contributed by atoms with van der Waals surface area (Å²) in [5.41, 5.74) is 12.9. The molecule has 3 aromatic carbocycles. The first kappa shape index (κ1) is 34.6. The molecule has 50 heavy (non-hydrogen) atoms. The molecule has 0 saturated carbocycles. The Balaban J connectivity index is 1.16. The zero-order chi connectivity index (χ0) is 35.0. The van der Waals surface area contributed by atoms with Gasteiger partial charge in [0, 0.05) is 58.2 Å². The maximum absolute atomic E-state index is 11.1. The van der Waals surface area contributed by atoms with Crippen molar-refractivity contribution in [3.63, 3.8) is 0 Å². The molecule has 5 N–H and O–H groups in total. The van der Waals surface area contributed by atoms with Crippen LogP contribution in [0.25, 0.3) is 22.2 Å². The third-order valence-electron chi connectivity index (χ3n) is 9.25. The molecule has 0 atom stereocenters. The Labute approximate surface area is 293 Å². The van der Waals surface area contributed by atoms with Crippen LogP contribution in [0.4, 0.5) is 5.69 Å². The van der Waals surface area contributed by atoms with E-state index in [1.807, 2.05) is 12.3 Å². The summed E-state index contributed by atoms with van der Waals surface area (Å²) >= 11 is 0. The van der Waals surface area contributed by atoms with Gasteiger partial charge in [-0.15, -0.1) is 0 Å². The minimum absolute atomic E-state index is 0.0118. The Morgan fingerprint density at radius 2 is 1.44 bits per heavy atom. The van der Waals surface area contributed by atoms with Crippen LogP contribution in [0.2, 0.25) is 0 Å².